The normalized spacial score (nSPS) is 10.9. The van der Waals surface area contributed by atoms with Gasteiger partial charge in [0, 0.05) is 19.2 Å². The highest BCUT2D eigenvalue weighted by Crippen LogP contribution is 2.22. The molecule has 2 aromatic carbocycles. The van der Waals surface area contributed by atoms with Crippen LogP contribution in [0.5, 0.6) is 0 Å². The van der Waals surface area contributed by atoms with Crippen LogP contribution in [0.1, 0.15) is 15.9 Å². The van der Waals surface area contributed by atoms with Crippen molar-refractivity contribution in [3.05, 3.63) is 73.3 Å². The minimum Gasteiger partial charge on any atom is -0.289 e. The molecule has 0 aliphatic rings. The highest BCUT2D eigenvalue weighted by molar-refractivity contribution is 14.1. The number of allylic oxidation sites excluding steroid dienone is 1. The van der Waals surface area contributed by atoms with Crippen LogP contribution in [0.25, 0.3) is 6.08 Å². The summed E-state index contributed by atoms with van der Waals surface area (Å²) in [6.45, 7) is 0. The van der Waals surface area contributed by atoms with Crippen molar-refractivity contribution in [3.8, 4) is 0 Å². The van der Waals surface area contributed by atoms with Gasteiger partial charge in [-0.1, -0.05) is 41.4 Å². The lowest BCUT2D eigenvalue weighted by Gasteiger charge is -1.99. The highest BCUT2D eigenvalue weighted by atomic mass is 127. The molecule has 0 N–H and O–H groups in total. The van der Waals surface area contributed by atoms with Crippen LogP contribution in [0, 0.1) is 3.57 Å². The van der Waals surface area contributed by atoms with E-state index in [-0.39, 0.29) is 5.78 Å². The Balaban J connectivity index is 2.18. The van der Waals surface area contributed by atoms with Crippen LogP contribution in [-0.2, 0) is 0 Å². The average Bonchev–Trinajstić information content (AvgIpc) is 2.38. The van der Waals surface area contributed by atoms with E-state index >= 15 is 0 Å². The summed E-state index contributed by atoms with van der Waals surface area (Å²) in [5, 5.41) is 1.10. The molecule has 96 valence electrons. The van der Waals surface area contributed by atoms with E-state index in [0.717, 1.165) is 9.13 Å². The number of halogens is 3. The zero-order chi connectivity index (χ0) is 13.8. The molecule has 0 radical (unpaired) electrons. The van der Waals surface area contributed by atoms with Crippen LogP contribution >= 0.6 is 45.8 Å². The van der Waals surface area contributed by atoms with Crippen LogP contribution in [0.3, 0.4) is 0 Å². The van der Waals surface area contributed by atoms with Gasteiger partial charge in [-0.05, 0) is 64.6 Å². The Morgan fingerprint density at radius 3 is 2.37 bits per heavy atom. The molecule has 2 aromatic rings. The maximum atomic E-state index is 11.9. The van der Waals surface area contributed by atoms with E-state index in [4.69, 9.17) is 23.2 Å². The molecule has 4 heteroatoms. The molecule has 0 aliphatic heterocycles. The largest absolute Gasteiger partial charge is 0.289 e. The second-order valence-electron chi connectivity index (χ2n) is 3.87. The second kappa shape index (κ2) is 6.55. The number of rotatable bonds is 3. The molecule has 0 saturated carbocycles. The van der Waals surface area contributed by atoms with Crippen LogP contribution in [-0.4, -0.2) is 5.78 Å². The van der Waals surface area contributed by atoms with Gasteiger partial charge in [-0.15, -0.1) is 0 Å². The van der Waals surface area contributed by atoms with Gasteiger partial charge in [0.15, 0.2) is 5.78 Å². The van der Waals surface area contributed by atoms with Crippen molar-refractivity contribution in [2.75, 3.05) is 0 Å². The number of benzene rings is 2. The minimum atomic E-state index is -0.0533. The summed E-state index contributed by atoms with van der Waals surface area (Å²) >= 11 is 14.0. The molecular weight excluding hydrogens is 394 g/mol. The third kappa shape index (κ3) is 4.06. The standard InChI is InChI=1S/C15H9Cl2IO/c16-12-5-1-10(14(17)9-12)4-8-15(19)11-2-6-13(18)7-3-11/h1-9H/b8-4+. The van der Waals surface area contributed by atoms with Gasteiger partial charge in [0.2, 0.25) is 0 Å². The van der Waals surface area contributed by atoms with Crippen molar-refractivity contribution in [1.29, 1.82) is 0 Å². The average molecular weight is 403 g/mol. The Kier molecular flexibility index (Phi) is 5.02. The van der Waals surface area contributed by atoms with E-state index < -0.39 is 0 Å². The Morgan fingerprint density at radius 1 is 1.05 bits per heavy atom. The SMILES string of the molecule is O=C(/C=C/c1ccc(Cl)cc1Cl)c1ccc(I)cc1. The van der Waals surface area contributed by atoms with Crippen molar-refractivity contribution in [3.63, 3.8) is 0 Å². The minimum absolute atomic E-state index is 0.0533. The number of carbonyl (C=O) groups is 1. The summed E-state index contributed by atoms with van der Waals surface area (Å²) in [6, 6.07) is 12.6. The van der Waals surface area contributed by atoms with E-state index in [9.17, 15) is 4.79 Å². The topological polar surface area (TPSA) is 17.1 Å². The molecule has 2 rings (SSSR count). The Hall–Kier alpha value is -0.840. The fourth-order valence-electron chi connectivity index (χ4n) is 1.51. The smallest absolute Gasteiger partial charge is 0.185 e. The predicted octanol–water partition coefficient (Wildman–Crippen LogP) is 5.49. The van der Waals surface area contributed by atoms with Gasteiger partial charge in [0.05, 0.1) is 0 Å². The molecule has 0 aliphatic carbocycles. The van der Waals surface area contributed by atoms with E-state index in [1.807, 2.05) is 12.1 Å². The summed E-state index contributed by atoms with van der Waals surface area (Å²) < 4.78 is 1.10. The number of ketones is 1. The first kappa shape index (κ1) is 14.6. The molecule has 1 nitrogen and oxygen atoms in total. The lowest BCUT2D eigenvalue weighted by molar-refractivity contribution is 0.104. The summed E-state index contributed by atoms with van der Waals surface area (Å²) in [4.78, 5) is 11.9. The van der Waals surface area contributed by atoms with Crippen molar-refractivity contribution in [2.45, 2.75) is 0 Å². The number of hydrogen-bond acceptors (Lipinski definition) is 1. The van der Waals surface area contributed by atoms with Crippen molar-refractivity contribution < 1.29 is 4.79 Å². The Bertz CT molecular complexity index is 633. The van der Waals surface area contributed by atoms with Crippen molar-refractivity contribution >= 4 is 57.7 Å². The Morgan fingerprint density at radius 2 is 1.74 bits per heavy atom. The highest BCUT2D eigenvalue weighted by Gasteiger charge is 2.02. The predicted molar refractivity (Wildman–Crippen MR) is 89.0 cm³/mol. The molecule has 0 amide bonds. The van der Waals surface area contributed by atoms with E-state index in [0.29, 0.717) is 15.6 Å². The molecular formula is C15H9Cl2IO. The van der Waals surface area contributed by atoms with E-state index in [1.54, 1.807) is 36.4 Å². The summed E-state index contributed by atoms with van der Waals surface area (Å²) in [5.74, 6) is -0.0533. The van der Waals surface area contributed by atoms with Crippen LogP contribution in [0.4, 0.5) is 0 Å². The molecule has 0 bridgehead atoms. The summed E-state index contributed by atoms with van der Waals surface area (Å²) in [7, 11) is 0. The monoisotopic (exact) mass is 402 g/mol. The molecule has 0 heterocycles. The van der Waals surface area contributed by atoms with Gasteiger partial charge in [-0.3, -0.25) is 4.79 Å². The van der Waals surface area contributed by atoms with Crippen LogP contribution in [0.15, 0.2) is 48.5 Å². The maximum absolute atomic E-state index is 11.9. The lowest BCUT2D eigenvalue weighted by atomic mass is 10.1. The zero-order valence-corrected chi connectivity index (χ0v) is 13.4. The van der Waals surface area contributed by atoms with Gasteiger partial charge in [-0.25, -0.2) is 0 Å². The fourth-order valence-corrected chi connectivity index (χ4v) is 2.34. The Labute approximate surface area is 135 Å². The molecule has 0 fully saturated rings. The fraction of sp³-hybridized carbons (Fsp3) is 0. The third-order valence-electron chi connectivity index (χ3n) is 2.51. The molecule has 19 heavy (non-hydrogen) atoms. The van der Waals surface area contributed by atoms with Gasteiger partial charge in [-0.2, -0.15) is 0 Å². The van der Waals surface area contributed by atoms with Crippen molar-refractivity contribution in [2.24, 2.45) is 0 Å². The van der Waals surface area contributed by atoms with Crippen LogP contribution < -0.4 is 0 Å². The third-order valence-corrected chi connectivity index (χ3v) is 3.79. The van der Waals surface area contributed by atoms with E-state index in [1.165, 1.54) is 6.08 Å². The van der Waals surface area contributed by atoms with Gasteiger partial charge in [0.25, 0.3) is 0 Å². The molecule has 0 unspecified atom stereocenters. The number of carbonyl (C=O) groups excluding carboxylic acids is 1. The maximum Gasteiger partial charge on any atom is 0.185 e. The van der Waals surface area contributed by atoms with Gasteiger partial charge >= 0.3 is 0 Å². The molecule has 0 saturated heterocycles. The number of hydrogen-bond donors (Lipinski definition) is 0. The lowest BCUT2D eigenvalue weighted by Crippen LogP contribution is -1.93. The quantitative estimate of drug-likeness (QED) is 0.376. The first-order valence-electron chi connectivity index (χ1n) is 5.49. The second-order valence-corrected chi connectivity index (χ2v) is 5.96. The summed E-state index contributed by atoms with van der Waals surface area (Å²) in [5.41, 5.74) is 1.42. The van der Waals surface area contributed by atoms with Gasteiger partial charge in [0.1, 0.15) is 0 Å². The first-order valence-corrected chi connectivity index (χ1v) is 7.33. The summed E-state index contributed by atoms with van der Waals surface area (Å²) in [6.07, 6.45) is 3.20. The van der Waals surface area contributed by atoms with Crippen molar-refractivity contribution in [1.82, 2.24) is 0 Å². The zero-order valence-electron chi connectivity index (χ0n) is 9.74. The first-order chi connectivity index (χ1) is 9.06. The molecule has 0 spiro atoms. The van der Waals surface area contributed by atoms with Gasteiger partial charge < -0.3 is 0 Å². The molecule has 0 aromatic heterocycles. The molecule has 0 atom stereocenters. The van der Waals surface area contributed by atoms with Crippen LogP contribution in [0.2, 0.25) is 10.0 Å². The van der Waals surface area contributed by atoms with E-state index in [2.05, 4.69) is 22.6 Å².